The molecule has 1 unspecified atom stereocenters. The molecule has 1 saturated carbocycles. The van der Waals surface area contributed by atoms with Gasteiger partial charge in [0, 0.05) is 25.9 Å². The summed E-state index contributed by atoms with van der Waals surface area (Å²) in [6.45, 7) is 0. The standard InChI is InChI=1S/C23H27N3O3S/c1-26(17-10-6-3-7-11-17)22(29)16-13-18-21(19(27)14-16)30-23(24-18)25-20(28)12-15-8-4-2-5-9-15/h2,4-5,8-9,16-17H,3,6-7,10-14H2,1H3,(H,24,25,28). The number of anilines is 1. The van der Waals surface area contributed by atoms with E-state index in [1.807, 2.05) is 42.3 Å². The lowest BCUT2D eigenvalue weighted by molar-refractivity contribution is -0.137. The van der Waals surface area contributed by atoms with Crippen LogP contribution in [0.15, 0.2) is 30.3 Å². The summed E-state index contributed by atoms with van der Waals surface area (Å²) in [6.07, 6.45) is 6.59. The molecule has 6 nitrogen and oxygen atoms in total. The number of nitrogens with zero attached hydrogens (tertiary/aromatic N) is 2. The molecule has 1 aromatic carbocycles. The largest absolute Gasteiger partial charge is 0.343 e. The second kappa shape index (κ2) is 9.08. The summed E-state index contributed by atoms with van der Waals surface area (Å²) in [7, 11) is 1.87. The van der Waals surface area contributed by atoms with Gasteiger partial charge in [-0.25, -0.2) is 4.98 Å². The number of amides is 2. The maximum Gasteiger partial charge on any atom is 0.230 e. The van der Waals surface area contributed by atoms with Gasteiger partial charge in [-0.3, -0.25) is 14.4 Å². The molecular formula is C23H27N3O3S. The van der Waals surface area contributed by atoms with E-state index in [1.54, 1.807) is 0 Å². The minimum atomic E-state index is -0.355. The first-order valence-electron chi connectivity index (χ1n) is 10.6. The predicted octanol–water partition coefficient (Wildman–Crippen LogP) is 3.86. The average Bonchev–Trinajstić information content (AvgIpc) is 3.16. The van der Waals surface area contributed by atoms with E-state index in [9.17, 15) is 14.4 Å². The van der Waals surface area contributed by atoms with Crippen molar-refractivity contribution < 1.29 is 14.4 Å². The Labute approximate surface area is 180 Å². The van der Waals surface area contributed by atoms with Crippen LogP contribution < -0.4 is 5.32 Å². The van der Waals surface area contributed by atoms with E-state index in [2.05, 4.69) is 10.3 Å². The highest BCUT2D eigenvalue weighted by Gasteiger charge is 2.36. The molecule has 2 aromatic rings. The smallest absolute Gasteiger partial charge is 0.230 e. The van der Waals surface area contributed by atoms with Crippen LogP contribution in [-0.4, -0.2) is 40.6 Å². The van der Waals surface area contributed by atoms with Crippen molar-refractivity contribution in [1.82, 2.24) is 9.88 Å². The van der Waals surface area contributed by atoms with Gasteiger partial charge in [-0.15, -0.1) is 0 Å². The Hall–Kier alpha value is -2.54. The predicted molar refractivity (Wildman–Crippen MR) is 117 cm³/mol. The lowest BCUT2D eigenvalue weighted by atomic mass is 9.87. The number of nitrogens with one attached hydrogen (secondary N) is 1. The van der Waals surface area contributed by atoms with Crippen molar-refractivity contribution in [3.8, 4) is 0 Å². The Morgan fingerprint density at radius 2 is 1.87 bits per heavy atom. The minimum Gasteiger partial charge on any atom is -0.343 e. The number of rotatable bonds is 5. The number of fused-ring (bicyclic) bond motifs is 1. The van der Waals surface area contributed by atoms with Crippen LogP contribution in [0.5, 0.6) is 0 Å². The lowest BCUT2D eigenvalue weighted by Gasteiger charge is -2.34. The molecule has 4 rings (SSSR count). The fraction of sp³-hybridized carbons (Fsp3) is 0.478. The number of hydrogen-bond acceptors (Lipinski definition) is 5. The van der Waals surface area contributed by atoms with E-state index in [0.29, 0.717) is 22.1 Å². The van der Waals surface area contributed by atoms with Crippen molar-refractivity contribution in [3.05, 3.63) is 46.5 Å². The fourth-order valence-electron chi connectivity index (χ4n) is 4.44. The van der Waals surface area contributed by atoms with E-state index < -0.39 is 0 Å². The fourth-order valence-corrected chi connectivity index (χ4v) is 5.40. The summed E-state index contributed by atoms with van der Waals surface area (Å²) in [5.74, 6) is -0.521. The van der Waals surface area contributed by atoms with E-state index in [0.717, 1.165) is 31.2 Å². The number of aromatic nitrogens is 1. The van der Waals surface area contributed by atoms with Gasteiger partial charge in [0.15, 0.2) is 10.9 Å². The molecule has 0 radical (unpaired) electrons. The second-order valence-electron chi connectivity index (χ2n) is 8.27. The Balaban J connectivity index is 1.41. The first-order chi connectivity index (χ1) is 14.5. The van der Waals surface area contributed by atoms with Gasteiger partial charge in [0.05, 0.1) is 22.9 Å². The number of ketones is 1. The highest BCUT2D eigenvalue weighted by molar-refractivity contribution is 7.17. The van der Waals surface area contributed by atoms with Crippen molar-refractivity contribution in [3.63, 3.8) is 0 Å². The van der Waals surface area contributed by atoms with Gasteiger partial charge in [-0.05, 0) is 18.4 Å². The molecule has 0 saturated heterocycles. The highest BCUT2D eigenvalue weighted by Crippen LogP contribution is 2.34. The van der Waals surface area contributed by atoms with Crippen LogP contribution >= 0.6 is 11.3 Å². The first kappa shape index (κ1) is 20.7. The summed E-state index contributed by atoms with van der Waals surface area (Å²) in [4.78, 5) is 44.9. The van der Waals surface area contributed by atoms with Crippen LogP contribution in [0.4, 0.5) is 5.13 Å². The Morgan fingerprint density at radius 1 is 1.13 bits per heavy atom. The molecule has 0 bridgehead atoms. The molecule has 2 aliphatic rings. The SMILES string of the molecule is CN(C(=O)C1CC(=O)c2sc(NC(=O)Cc3ccccc3)nc2C1)C1CCCCC1. The Kier molecular flexibility index (Phi) is 6.27. The quantitative estimate of drug-likeness (QED) is 0.789. The monoisotopic (exact) mass is 425 g/mol. The van der Waals surface area contributed by atoms with Crippen molar-refractivity contribution in [2.45, 2.75) is 57.4 Å². The molecule has 1 atom stereocenters. The van der Waals surface area contributed by atoms with Gasteiger partial charge < -0.3 is 10.2 Å². The van der Waals surface area contributed by atoms with Crippen LogP contribution in [0.2, 0.25) is 0 Å². The van der Waals surface area contributed by atoms with Crippen molar-refractivity contribution in [2.24, 2.45) is 5.92 Å². The number of carbonyl (C=O) groups is 3. The molecule has 0 aliphatic heterocycles. The Bertz CT molecular complexity index is 934. The molecule has 2 amide bonds. The number of benzene rings is 1. The van der Waals surface area contributed by atoms with Crippen LogP contribution in [0.1, 0.15) is 59.5 Å². The van der Waals surface area contributed by atoms with E-state index >= 15 is 0 Å². The zero-order chi connectivity index (χ0) is 21.1. The number of carbonyl (C=O) groups excluding carboxylic acids is 3. The van der Waals surface area contributed by atoms with Gasteiger partial charge in [-0.2, -0.15) is 0 Å². The zero-order valence-corrected chi connectivity index (χ0v) is 18.0. The van der Waals surface area contributed by atoms with Gasteiger partial charge in [0.1, 0.15) is 0 Å². The van der Waals surface area contributed by atoms with Crippen LogP contribution in [-0.2, 0) is 22.4 Å². The maximum absolute atomic E-state index is 13.0. The molecule has 158 valence electrons. The second-order valence-corrected chi connectivity index (χ2v) is 9.27. The van der Waals surface area contributed by atoms with Crippen molar-refractivity contribution in [2.75, 3.05) is 12.4 Å². The molecule has 7 heteroatoms. The van der Waals surface area contributed by atoms with E-state index in [4.69, 9.17) is 0 Å². The lowest BCUT2D eigenvalue weighted by Crippen LogP contribution is -2.43. The van der Waals surface area contributed by atoms with E-state index in [-0.39, 0.29) is 42.4 Å². The molecular weight excluding hydrogens is 398 g/mol. The zero-order valence-electron chi connectivity index (χ0n) is 17.2. The van der Waals surface area contributed by atoms with Crippen LogP contribution in [0.25, 0.3) is 0 Å². The van der Waals surface area contributed by atoms with Crippen molar-refractivity contribution >= 4 is 34.1 Å². The summed E-state index contributed by atoms with van der Waals surface area (Å²) in [5, 5.41) is 3.24. The van der Waals surface area contributed by atoms with Crippen LogP contribution in [0.3, 0.4) is 0 Å². The first-order valence-corrected chi connectivity index (χ1v) is 11.5. The molecule has 1 N–H and O–H groups in total. The number of thiazole rings is 1. The molecule has 2 aliphatic carbocycles. The Morgan fingerprint density at radius 3 is 2.60 bits per heavy atom. The maximum atomic E-state index is 13.0. The third kappa shape index (κ3) is 4.61. The summed E-state index contributed by atoms with van der Waals surface area (Å²) >= 11 is 1.22. The summed E-state index contributed by atoms with van der Waals surface area (Å²) in [5.41, 5.74) is 1.56. The molecule has 1 fully saturated rings. The average molecular weight is 426 g/mol. The van der Waals surface area contributed by atoms with Crippen molar-refractivity contribution in [1.29, 1.82) is 0 Å². The minimum absolute atomic E-state index is 0.0450. The van der Waals surface area contributed by atoms with Gasteiger partial charge in [-0.1, -0.05) is 60.9 Å². The van der Waals surface area contributed by atoms with Crippen LogP contribution in [0, 0.1) is 5.92 Å². The van der Waals surface area contributed by atoms with Gasteiger partial charge >= 0.3 is 0 Å². The van der Waals surface area contributed by atoms with Gasteiger partial charge in [0.2, 0.25) is 11.8 Å². The summed E-state index contributed by atoms with van der Waals surface area (Å²) in [6, 6.07) is 9.77. The topological polar surface area (TPSA) is 79.4 Å². The number of Topliss-reactive ketones (excluding diaryl/α,β-unsaturated/α-hetero) is 1. The molecule has 1 heterocycles. The van der Waals surface area contributed by atoms with E-state index in [1.165, 1.54) is 17.8 Å². The third-order valence-corrected chi connectivity index (χ3v) is 7.15. The number of hydrogen-bond donors (Lipinski definition) is 1. The van der Waals surface area contributed by atoms with Gasteiger partial charge in [0.25, 0.3) is 0 Å². The normalized spacial score (nSPS) is 19.2. The molecule has 1 aromatic heterocycles. The molecule has 30 heavy (non-hydrogen) atoms. The highest BCUT2D eigenvalue weighted by atomic mass is 32.1. The summed E-state index contributed by atoms with van der Waals surface area (Å²) < 4.78 is 0. The third-order valence-electron chi connectivity index (χ3n) is 6.10. The molecule has 0 spiro atoms.